The van der Waals surface area contributed by atoms with Gasteiger partial charge in [0.15, 0.2) is 23.0 Å². The lowest BCUT2D eigenvalue weighted by atomic mass is 9.74. The van der Waals surface area contributed by atoms with Crippen LogP contribution in [0.5, 0.6) is 5.75 Å². The standard InChI is InChI=1S/C21H21F5N6O/c1-30-6-7-32(20(10-30)4-3-5-20)19-27-9-12-16(29-31(2)18(12)28-19)11-8-13(21(24,25)26)15(23)17(33)14(11)22/h8-9,33H,3-7,10H2,1-2H3. The molecule has 5 rings (SSSR count). The third kappa shape index (κ3) is 3.30. The third-order valence-corrected chi connectivity index (χ3v) is 6.67. The number of aryl methyl sites for hydroxylation is 1. The number of piperazine rings is 1. The number of aromatic hydroxyl groups is 1. The molecule has 33 heavy (non-hydrogen) atoms. The molecule has 0 unspecified atom stereocenters. The van der Waals surface area contributed by atoms with Crippen molar-refractivity contribution in [3.63, 3.8) is 0 Å². The van der Waals surface area contributed by atoms with Gasteiger partial charge in [0, 0.05) is 38.4 Å². The van der Waals surface area contributed by atoms with E-state index in [1.807, 2.05) is 0 Å². The number of phenolic OH excluding ortho intramolecular Hbond substituents is 1. The van der Waals surface area contributed by atoms with Crippen molar-refractivity contribution in [1.29, 1.82) is 0 Å². The van der Waals surface area contributed by atoms with Crippen LogP contribution in [0.1, 0.15) is 24.8 Å². The SMILES string of the molecule is CN1CCN(c2ncc3c(-c4cc(C(F)(F)F)c(F)c(O)c4F)nn(C)c3n2)C2(CCC2)C1. The van der Waals surface area contributed by atoms with Crippen molar-refractivity contribution in [3.8, 4) is 17.0 Å². The maximum atomic E-state index is 14.7. The zero-order valence-corrected chi connectivity index (χ0v) is 17.9. The first kappa shape index (κ1) is 21.8. The summed E-state index contributed by atoms with van der Waals surface area (Å²) in [6, 6.07) is 0.309. The Hall–Kier alpha value is -3.02. The van der Waals surface area contributed by atoms with Gasteiger partial charge in [0.25, 0.3) is 0 Å². The molecule has 0 radical (unpaired) electrons. The molecule has 0 bridgehead atoms. The summed E-state index contributed by atoms with van der Waals surface area (Å²) >= 11 is 0. The van der Waals surface area contributed by atoms with Crippen LogP contribution in [0, 0.1) is 11.6 Å². The van der Waals surface area contributed by atoms with E-state index in [9.17, 15) is 27.1 Å². The van der Waals surface area contributed by atoms with Gasteiger partial charge in [0.05, 0.1) is 16.5 Å². The van der Waals surface area contributed by atoms with Gasteiger partial charge in [0.2, 0.25) is 5.95 Å². The van der Waals surface area contributed by atoms with Crippen LogP contribution in [0.4, 0.5) is 27.9 Å². The van der Waals surface area contributed by atoms with Crippen molar-refractivity contribution in [2.24, 2.45) is 7.05 Å². The quantitative estimate of drug-likeness (QED) is 0.579. The first-order valence-electron chi connectivity index (χ1n) is 10.5. The number of phenols is 1. The minimum atomic E-state index is -5.13. The molecule has 3 heterocycles. The molecule has 7 nitrogen and oxygen atoms in total. The number of halogens is 5. The highest BCUT2D eigenvalue weighted by Crippen LogP contribution is 2.43. The van der Waals surface area contributed by atoms with Gasteiger partial charge >= 0.3 is 6.18 Å². The highest BCUT2D eigenvalue weighted by atomic mass is 19.4. The predicted molar refractivity (Wildman–Crippen MR) is 110 cm³/mol. The molecule has 1 saturated carbocycles. The number of rotatable bonds is 2. The summed E-state index contributed by atoms with van der Waals surface area (Å²) in [6.45, 7) is 2.44. The summed E-state index contributed by atoms with van der Waals surface area (Å²) in [6.07, 6.45) is -0.614. The maximum Gasteiger partial charge on any atom is 0.419 e. The largest absolute Gasteiger partial charge is 0.503 e. The topological polar surface area (TPSA) is 70.3 Å². The lowest BCUT2D eigenvalue weighted by Crippen LogP contribution is -2.65. The molecule has 0 amide bonds. The Labute approximate surface area is 185 Å². The van der Waals surface area contributed by atoms with Gasteiger partial charge in [-0.3, -0.25) is 0 Å². The number of hydrogen-bond donors (Lipinski definition) is 1. The second kappa shape index (κ2) is 7.24. The minimum Gasteiger partial charge on any atom is -0.503 e. The molecule has 2 fully saturated rings. The molecule has 1 N–H and O–H groups in total. The lowest BCUT2D eigenvalue weighted by molar-refractivity contribution is -0.140. The van der Waals surface area contributed by atoms with Gasteiger partial charge in [-0.15, -0.1) is 0 Å². The van der Waals surface area contributed by atoms with Crippen LogP contribution in [0.15, 0.2) is 12.3 Å². The third-order valence-electron chi connectivity index (χ3n) is 6.67. The summed E-state index contributed by atoms with van der Waals surface area (Å²) in [5, 5.41) is 14.0. The smallest absolute Gasteiger partial charge is 0.419 e. The number of likely N-dealkylation sites (N-methyl/N-ethyl adjacent to an activating group) is 1. The second-order valence-corrected chi connectivity index (χ2v) is 8.79. The van der Waals surface area contributed by atoms with E-state index in [-0.39, 0.29) is 16.6 Å². The fourth-order valence-electron chi connectivity index (χ4n) is 4.86. The van der Waals surface area contributed by atoms with Crippen molar-refractivity contribution in [1.82, 2.24) is 24.6 Å². The molecule has 1 spiro atoms. The Balaban J connectivity index is 1.63. The molecule has 2 aliphatic rings. The molecule has 1 aliphatic heterocycles. The zero-order chi connectivity index (χ0) is 23.7. The zero-order valence-electron chi connectivity index (χ0n) is 17.9. The summed E-state index contributed by atoms with van der Waals surface area (Å²) in [5.41, 5.74) is -2.44. The first-order chi connectivity index (χ1) is 15.5. The lowest BCUT2D eigenvalue weighted by Gasteiger charge is -2.55. The van der Waals surface area contributed by atoms with E-state index in [0.29, 0.717) is 17.7 Å². The normalized spacial score (nSPS) is 18.8. The van der Waals surface area contributed by atoms with Crippen molar-refractivity contribution < 1.29 is 27.1 Å². The van der Waals surface area contributed by atoms with Gasteiger partial charge in [-0.05, 0) is 32.4 Å². The van der Waals surface area contributed by atoms with Crippen LogP contribution in [0.25, 0.3) is 22.3 Å². The number of benzene rings is 1. The molecule has 1 aliphatic carbocycles. The molecule has 176 valence electrons. The molecular weight excluding hydrogens is 447 g/mol. The van der Waals surface area contributed by atoms with Crippen LogP contribution in [0.3, 0.4) is 0 Å². The average molecular weight is 468 g/mol. The molecule has 2 aromatic heterocycles. The molecule has 0 atom stereocenters. The molecule has 12 heteroatoms. The summed E-state index contributed by atoms with van der Waals surface area (Å²) in [4.78, 5) is 13.5. The number of nitrogens with zero attached hydrogens (tertiary/aromatic N) is 6. The summed E-state index contributed by atoms with van der Waals surface area (Å²) in [5.74, 6) is -4.83. The van der Waals surface area contributed by atoms with Gasteiger partial charge in [-0.25, -0.2) is 18.4 Å². The van der Waals surface area contributed by atoms with Gasteiger partial charge < -0.3 is 14.9 Å². The Kier molecular flexibility index (Phi) is 4.78. The molecule has 1 saturated heterocycles. The number of anilines is 1. The highest BCUT2D eigenvalue weighted by molar-refractivity contribution is 5.91. The predicted octanol–water partition coefficient (Wildman–Crippen LogP) is 3.71. The fourth-order valence-corrected chi connectivity index (χ4v) is 4.86. The van der Waals surface area contributed by atoms with E-state index in [1.54, 1.807) is 0 Å². The van der Waals surface area contributed by atoms with E-state index in [1.165, 1.54) is 17.9 Å². The highest BCUT2D eigenvalue weighted by Gasteiger charge is 2.46. The van der Waals surface area contributed by atoms with E-state index < -0.39 is 34.7 Å². The Morgan fingerprint density at radius 3 is 2.45 bits per heavy atom. The van der Waals surface area contributed by atoms with Crippen LogP contribution in [0.2, 0.25) is 0 Å². The van der Waals surface area contributed by atoms with Crippen molar-refractivity contribution in [2.75, 3.05) is 31.6 Å². The van der Waals surface area contributed by atoms with Crippen LogP contribution in [-0.4, -0.2) is 62.0 Å². The fraction of sp³-hybridized carbons (Fsp3) is 0.476. The van der Waals surface area contributed by atoms with Gasteiger partial charge in [-0.2, -0.15) is 23.3 Å². The van der Waals surface area contributed by atoms with Crippen LogP contribution >= 0.6 is 0 Å². The Morgan fingerprint density at radius 1 is 1.09 bits per heavy atom. The van der Waals surface area contributed by atoms with Gasteiger partial charge in [0.1, 0.15) is 5.69 Å². The minimum absolute atomic E-state index is 0.0570. The van der Waals surface area contributed by atoms with Crippen molar-refractivity contribution >= 4 is 17.0 Å². The molecule has 1 aromatic carbocycles. The van der Waals surface area contributed by atoms with Gasteiger partial charge in [-0.1, -0.05) is 0 Å². The van der Waals surface area contributed by atoms with Crippen molar-refractivity contribution in [3.05, 3.63) is 29.5 Å². The Morgan fingerprint density at radius 2 is 1.82 bits per heavy atom. The van der Waals surface area contributed by atoms with E-state index >= 15 is 0 Å². The average Bonchev–Trinajstić information content (AvgIpc) is 3.05. The number of alkyl halides is 3. The summed E-state index contributed by atoms with van der Waals surface area (Å²) in [7, 11) is 3.59. The monoisotopic (exact) mass is 468 g/mol. The molecular formula is C21H21F5N6O. The number of aromatic nitrogens is 4. The Bertz CT molecular complexity index is 1250. The second-order valence-electron chi connectivity index (χ2n) is 8.79. The number of fused-ring (bicyclic) bond motifs is 1. The van der Waals surface area contributed by atoms with E-state index in [2.05, 4.69) is 31.9 Å². The first-order valence-corrected chi connectivity index (χ1v) is 10.5. The van der Waals surface area contributed by atoms with Crippen molar-refractivity contribution in [2.45, 2.75) is 31.0 Å². The van der Waals surface area contributed by atoms with Crippen LogP contribution < -0.4 is 4.90 Å². The van der Waals surface area contributed by atoms with E-state index in [4.69, 9.17) is 0 Å². The summed E-state index contributed by atoms with van der Waals surface area (Å²) < 4.78 is 69.6. The van der Waals surface area contributed by atoms with Crippen LogP contribution in [-0.2, 0) is 13.2 Å². The number of hydrogen-bond acceptors (Lipinski definition) is 6. The maximum absolute atomic E-state index is 14.7. The van der Waals surface area contributed by atoms with E-state index in [0.717, 1.165) is 38.9 Å². The molecule has 3 aromatic rings.